The smallest absolute Gasteiger partial charge is 0.293 e. The SMILES string of the molecule is O=C1S/C(=C/c2cn(Cc3ccc4ccccc4c3)c3ccccc23)C(=O)N1Cc1cccc2ccccc12. The molecule has 0 saturated carbocycles. The first-order valence-electron chi connectivity index (χ1n) is 12.9. The highest BCUT2D eigenvalue weighted by molar-refractivity contribution is 8.18. The van der Waals surface area contributed by atoms with Gasteiger partial charge in [-0.15, -0.1) is 0 Å². The Balaban J connectivity index is 1.21. The summed E-state index contributed by atoms with van der Waals surface area (Å²) in [5.74, 6) is -0.246. The Kier molecular flexibility index (Phi) is 5.79. The van der Waals surface area contributed by atoms with E-state index in [0.717, 1.165) is 44.6 Å². The highest BCUT2D eigenvalue weighted by Crippen LogP contribution is 2.36. The number of thioether (sulfide) groups is 1. The fourth-order valence-electron chi connectivity index (χ4n) is 5.43. The first-order chi connectivity index (χ1) is 19.1. The van der Waals surface area contributed by atoms with Crippen molar-refractivity contribution in [3.63, 3.8) is 0 Å². The molecular weight excluding hydrogens is 500 g/mol. The van der Waals surface area contributed by atoms with Gasteiger partial charge in [-0.25, -0.2) is 0 Å². The molecule has 39 heavy (non-hydrogen) atoms. The van der Waals surface area contributed by atoms with Gasteiger partial charge >= 0.3 is 0 Å². The molecule has 5 aromatic carbocycles. The minimum absolute atomic E-state index is 0.237. The number of amides is 2. The molecule has 188 valence electrons. The molecular formula is C34H24N2O2S. The Morgan fingerprint density at radius 1 is 0.667 bits per heavy atom. The van der Waals surface area contributed by atoms with Gasteiger partial charge in [-0.1, -0.05) is 97.1 Å². The minimum atomic E-state index is -0.246. The molecule has 0 spiro atoms. The van der Waals surface area contributed by atoms with Crippen LogP contribution in [0.5, 0.6) is 0 Å². The van der Waals surface area contributed by atoms with Gasteiger partial charge in [0, 0.05) is 29.2 Å². The van der Waals surface area contributed by atoms with E-state index in [-0.39, 0.29) is 17.7 Å². The van der Waals surface area contributed by atoms with Crippen molar-refractivity contribution in [2.24, 2.45) is 0 Å². The summed E-state index contributed by atoms with van der Waals surface area (Å²) in [6.07, 6.45) is 3.95. The topological polar surface area (TPSA) is 42.3 Å². The molecule has 7 rings (SSSR count). The molecule has 1 saturated heterocycles. The van der Waals surface area contributed by atoms with Crippen molar-refractivity contribution in [1.82, 2.24) is 9.47 Å². The van der Waals surface area contributed by atoms with Crippen LogP contribution < -0.4 is 0 Å². The fourth-order valence-corrected chi connectivity index (χ4v) is 6.26. The minimum Gasteiger partial charge on any atom is -0.342 e. The van der Waals surface area contributed by atoms with E-state index in [1.54, 1.807) is 0 Å². The summed E-state index contributed by atoms with van der Waals surface area (Å²) in [4.78, 5) is 28.2. The third-order valence-electron chi connectivity index (χ3n) is 7.35. The summed E-state index contributed by atoms with van der Waals surface area (Å²) in [7, 11) is 0. The third kappa shape index (κ3) is 4.31. The van der Waals surface area contributed by atoms with Crippen LogP contribution in [0, 0.1) is 0 Å². The van der Waals surface area contributed by atoms with E-state index < -0.39 is 0 Å². The number of rotatable bonds is 5. The highest BCUT2D eigenvalue weighted by Gasteiger charge is 2.35. The van der Waals surface area contributed by atoms with E-state index >= 15 is 0 Å². The molecule has 4 nitrogen and oxygen atoms in total. The molecule has 6 aromatic rings. The number of carbonyl (C=O) groups excluding carboxylic acids is 2. The van der Waals surface area contributed by atoms with E-state index in [1.807, 2.05) is 60.7 Å². The predicted molar refractivity (Wildman–Crippen MR) is 160 cm³/mol. The molecule has 0 atom stereocenters. The first kappa shape index (κ1) is 23.5. The van der Waals surface area contributed by atoms with Crippen LogP contribution in [0.25, 0.3) is 38.5 Å². The van der Waals surface area contributed by atoms with Gasteiger partial charge in [-0.05, 0) is 62.6 Å². The fraction of sp³-hybridized carbons (Fsp3) is 0.0588. The standard InChI is InChI=1S/C34H24N2O2S/c37-33-32(39-34(38)36(33)22-27-12-7-11-25-9-3-4-13-29(25)27)19-28-21-35(31-15-6-5-14-30(28)31)20-23-16-17-24-8-1-2-10-26(24)18-23/h1-19,21H,20,22H2/b32-19+. The Morgan fingerprint density at radius 3 is 2.26 bits per heavy atom. The number of carbonyl (C=O) groups is 2. The van der Waals surface area contributed by atoms with E-state index in [1.165, 1.54) is 21.2 Å². The van der Waals surface area contributed by atoms with Gasteiger partial charge in [-0.2, -0.15) is 0 Å². The maximum absolute atomic E-state index is 13.4. The average Bonchev–Trinajstić information content (AvgIpc) is 3.44. The molecule has 5 heteroatoms. The van der Waals surface area contributed by atoms with Crippen LogP contribution in [0.3, 0.4) is 0 Å². The molecule has 0 unspecified atom stereocenters. The number of fused-ring (bicyclic) bond motifs is 3. The molecule has 1 aliphatic heterocycles. The summed E-state index contributed by atoms with van der Waals surface area (Å²) in [5.41, 5.74) is 4.19. The molecule has 2 amide bonds. The van der Waals surface area contributed by atoms with Gasteiger partial charge in [0.25, 0.3) is 11.1 Å². The van der Waals surface area contributed by atoms with Gasteiger partial charge < -0.3 is 4.57 Å². The molecule has 1 aliphatic rings. The normalized spacial score (nSPS) is 14.9. The van der Waals surface area contributed by atoms with Gasteiger partial charge in [0.15, 0.2) is 0 Å². The molecule has 0 radical (unpaired) electrons. The van der Waals surface area contributed by atoms with Gasteiger partial charge in [0.1, 0.15) is 0 Å². The van der Waals surface area contributed by atoms with Crippen LogP contribution in [-0.2, 0) is 17.9 Å². The lowest BCUT2D eigenvalue weighted by Crippen LogP contribution is -2.27. The van der Waals surface area contributed by atoms with Crippen molar-refractivity contribution in [1.29, 1.82) is 0 Å². The van der Waals surface area contributed by atoms with Gasteiger partial charge in [-0.3, -0.25) is 14.5 Å². The van der Waals surface area contributed by atoms with E-state index in [4.69, 9.17) is 0 Å². The van der Waals surface area contributed by atoms with Gasteiger partial charge in [0.2, 0.25) is 0 Å². The van der Waals surface area contributed by atoms with Crippen molar-refractivity contribution in [2.45, 2.75) is 13.1 Å². The number of imide groups is 1. The lowest BCUT2D eigenvalue weighted by Gasteiger charge is -2.14. The van der Waals surface area contributed by atoms with Crippen LogP contribution in [0.15, 0.2) is 120 Å². The zero-order valence-corrected chi connectivity index (χ0v) is 21.9. The summed E-state index contributed by atoms with van der Waals surface area (Å²) < 4.78 is 2.21. The first-order valence-corrected chi connectivity index (χ1v) is 13.7. The Bertz CT molecular complexity index is 1950. The monoisotopic (exact) mass is 524 g/mol. The van der Waals surface area contributed by atoms with Crippen LogP contribution >= 0.6 is 11.8 Å². The number of aromatic nitrogens is 1. The highest BCUT2D eigenvalue weighted by atomic mass is 32.2. The number of benzene rings is 5. The van der Waals surface area contributed by atoms with Crippen molar-refractivity contribution < 1.29 is 9.59 Å². The largest absolute Gasteiger partial charge is 0.342 e. The number of hydrogen-bond donors (Lipinski definition) is 0. The number of hydrogen-bond acceptors (Lipinski definition) is 3. The number of para-hydroxylation sites is 1. The number of nitrogens with zero attached hydrogens (tertiary/aromatic N) is 2. The Hall–Kier alpha value is -4.61. The maximum atomic E-state index is 13.4. The Labute approximate surface area is 230 Å². The summed E-state index contributed by atoms with van der Waals surface area (Å²) in [5, 5.41) is 5.40. The molecule has 0 N–H and O–H groups in total. The second-order valence-electron chi connectivity index (χ2n) is 9.82. The van der Waals surface area contributed by atoms with E-state index in [2.05, 4.69) is 65.4 Å². The summed E-state index contributed by atoms with van der Waals surface area (Å²) in [6.45, 7) is 0.967. The molecule has 0 aliphatic carbocycles. The molecule has 2 heterocycles. The van der Waals surface area contributed by atoms with Crippen LogP contribution in [0.1, 0.15) is 16.7 Å². The van der Waals surface area contributed by atoms with Crippen molar-refractivity contribution in [3.8, 4) is 0 Å². The quantitative estimate of drug-likeness (QED) is 0.213. The van der Waals surface area contributed by atoms with E-state index in [0.29, 0.717) is 11.4 Å². The molecule has 1 fully saturated rings. The zero-order valence-electron chi connectivity index (χ0n) is 21.1. The van der Waals surface area contributed by atoms with Gasteiger partial charge in [0.05, 0.1) is 11.4 Å². The summed E-state index contributed by atoms with van der Waals surface area (Å²) >= 11 is 1.01. The second kappa shape index (κ2) is 9.61. The van der Waals surface area contributed by atoms with Crippen LogP contribution in [0.2, 0.25) is 0 Å². The Morgan fingerprint density at radius 2 is 1.38 bits per heavy atom. The lowest BCUT2D eigenvalue weighted by molar-refractivity contribution is -0.123. The second-order valence-corrected chi connectivity index (χ2v) is 10.8. The maximum Gasteiger partial charge on any atom is 0.293 e. The molecule has 1 aromatic heterocycles. The third-order valence-corrected chi connectivity index (χ3v) is 8.26. The van der Waals surface area contributed by atoms with Crippen molar-refractivity contribution in [3.05, 3.63) is 137 Å². The molecule has 0 bridgehead atoms. The van der Waals surface area contributed by atoms with Crippen molar-refractivity contribution >= 4 is 61.4 Å². The van der Waals surface area contributed by atoms with Crippen molar-refractivity contribution in [2.75, 3.05) is 0 Å². The average molecular weight is 525 g/mol. The van der Waals surface area contributed by atoms with Crippen LogP contribution in [-0.4, -0.2) is 20.6 Å². The predicted octanol–water partition coefficient (Wildman–Crippen LogP) is 8.23. The van der Waals surface area contributed by atoms with E-state index in [9.17, 15) is 9.59 Å². The summed E-state index contributed by atoms with van der Waals surface area (Å²) in [6, 6.07) is 37.1. The zero-order chi connectivity index (χ0) is 26.3. The van der Waals surface area contributed by atoms with Crippen LogP contribution in [0.4, 0.5) is 4.79 Å². The lowest BCUT2D eigenvalue weighted by atomic mass is 10.0.